The molecule has 3 nitrogen and oxygen atoms in total. The third-order valence-corrected chi connectivity index (χ3v) is 13.0. The summed E-state index contributed by atoms with van der Waals surface area (Å²) in [6.07, 6.45) is 32.3. The van der Waals surface area contributed by atoms with Gasteiger partial charge in [0, 0.05) is 46.1 Å². The van der Waals surface area contributed by atoms with Crippen molar-refractivity contribution < 1.29 is 14.9 Å². The van der Waals surface area contributed by atoms with E-state index in [-0.39, 0.29) is 13.2 Å². The van der Waals surface area contributed by atoms with Crippen LogP contribution >= 0.6 is 31.9 Å². The van der Waals surface area contributed by atoms with Crippen LogP contribution in [0.2, 0.25) is 0 Å². The molecule has 0 heterocycles. The largest absolute Gasteiger partial charge is 0.446 e. The Balaban J connectivity index is 0.000000226. The van der Waals surface area contributed by atoms with Gasteiger partial charge in [0.2, 0.25) is 0 Å². The first-order chi connectivity index (χ1) is 36.9. The standard InChI is InChI=1S/C38H36O2.C26H18Br2.C6H10O/c1-2-3-29-40-30-27-34-19-17-33(18-20-34)22-24-36-26-25-35(37-11-7-8-12-38(36)37)23-21-32-15-13-31(14-16-32)10-6-4-5-9-28-39;27-23-15-7-19(8-16-23)5-11-21-13-14-22(26-4-2-1-3-25(21)26)12-6-20-9-17-24(28)18-10-20;1-2-3-4-5-6-7/h7-8,11-26,39H,2-5,9,28-29H2,1H3;1-18H;1,7H,3-6H2/b23-21+,24-22+;11-5+,12-6+;. The van der Waals surface area contributed by atoms with Gasteiger partial charge >= 0.3 is 0 Å². The summed E-state index contributed by atoms with van der Waals surface area (Å²) in [5.41, 5.74) is 11.4. The molecule has 0 aliphatic rings. The van der Waals surface area contributed by atoms with E-state index < -0.39 is 0 Å². The highest BCUT2D eigenvalue weighted by Gasteiger charge is 2.05. The summed E-state index contributed by atoms with van der Waals surface area (Å²) >= 11 is 6.97. The third-order valence-electron chi connectivity index (χ3n) is 11.9. The van der Waals surface area contributed by atoms with Gasteiger partial charge in [0.05, 0.1) is 0 Å². The van der Waals surface area contributed by atoms with Crippen molar-refractivity contribution in [2.45, 2.75) is 58.3 Å². The first kappa shape index (κ1) is 56.9. The predicted octanol–water partition coefficient (Wildman–Crippen LogP) is 18.3. The molecule has 0 aromatic heterocycles. The first-order valence-corrected chi connectivity index (χ1v) is 27.2. The maximum absolute atomic E-state index is 8.87. The molecule has 376 valence electrons. The second kappa shape index (κ2) is 32.7. The fourth-order valence-corrected chi connectivity index (χ4v) is 8.24. The van der Waals surface area contributed by atoms with E-state index in [2.05, 4.69) is 275 Å². The highest BCUT2D eigenvalue weighted by molar-refractivity contribution is 9.10. The lowest BCUT2D eigenvalue weighted by atomic mass is 9.98. The van der Waals surface area contributed by atoms with Crippen LogP contribution in [0.25, 0.3) is 70.2 Å². The first-order valence-electron chi connectivity index (χ1n) is 25.6. The fourth-order valence-electron chi connectivity index (χ4n) is 7.71. The molecule has 0 spiro atoms. The van der Waals surface area contributed by atoms with Gasteiger partial charge in [-0.15, -0.1) is 12.3 Å². The van der Waals surface area contributed by atoms with E-state index in [1.807, 2.05) is 12.1 Å². The number of hydrogen-bond donors (Lipinski definition) is 2. The van der Waals surface area contributed by atoms with Crippen LogP contribution in [0.15, 0.2) is 179 Å². The van der Waals surface area contributed by atoms with Gasteiger partial charge in [0.15, 0.2) is 0 Å². The van der Waals surface area contributed by atoms with Gasteiger partial charge in [0.25, 0.3) is 0 Å². The predicted molar refractivity (Wildman–Crippen MR) is 330 cm³/mol. The smallest absolute Gasteiger partial charge is 0.115 e. The molecule has 8 aromatic rings. The van der Waals surface area contributed by atoms with Crippen LogP contribution in [-0.2, 0) is 4.74 Å². The normalized spacial score (nSPS) is 10.9. The van der Waals surface area contributed by atoms with E-state index in [1.54, 1.807) is 0 Å². The molecule has 0 saturated carbocycles. The second-order valence-electron chi connectivity index (χ2n) is 17.6. The average Bonchev–Trinajstić information content (AvgIpc) is 3.45. The van der Waals surface area contributed by atoms with E-state index >= 15 is 0 Å². The highest BCUT2D eigenvalue weighted by atomic mass is 79.9. The van der Waals surface area contributed by atoms with Crippen LogP contribution in [0.3, 0.4) is 0 Å². The molecule has 0 atom stereocenters. The number of ether oxygens (including phenoxy) is 1. The lowest BCUT2D eigenvalue weighted by molar-refractivity contribution is 0.271. The van der Waals surface area contributed by atoms with Crippen molar-refractivity contribution in [1.29, 1.82) is 0 Å². The topological polar surface area (TPSA) is 49.7 Å². The summed E-state index contributed by atoms with van der Waals surface area (Å²) in [6.45, 7) is 3.32. The quantitative estimate of drug-likeness (QED) is 0.0543. The van der Waals surface area contributed by atoms with Crippen LogP contribution < -0.4 is 0 Å². The zero-order valence-electron chi connectivity index (χ0n) is 42.7. The van der Waals surface area contributed by atoms with E-state index in [0.717, 1.165) is 82.6 Å². The molecule has 5 heteroatoms. The number of aliphatic hydroxyl groups excluding tert-OH is 2. The summed E-state index contributed by atoms with van der Waals surface area (Å²) in [5, 5.41) is 22.0. The maximum atomic E-state index is 8.87. The number of rotatable bonds is 17. The minimum absolute atomic E-state index is 0.234. The lowest BCUT2D eigenvalue weighted by Gasteiger charge is -2.07. The molecule has 75 heavy (non-hydrogen) atoms. The van der Waals surface area contributed by atoms with E-state index in [1.165, 1.54) is 54.9 Å². The number of unbranched alkanes of at least 4 members (excludes halogenated alkanes) is 5. The Morgan fingerprint density at radius 1 is 0.427 bits per heavy atom. The number of halogens is 2. The van der Waals surface area contributed by atoms with Crippen LogP contribution in [0.1, 0.15) is 114 Å². The van der Waals surface area contributed by atoms with Crippen LogP contribution in [0.5, 0.6) is 0 Å². The van der Waals surface area contributed by atoms with Crippen molar-refractivity contribution >= 4 is 102 Å². The second-order valence-corrected chi connectivity index (χ2v) is 19.4. The Morgan fingerprint density at radius 3 is 1.15 bits per heavy atom. The molecule has 0 amide bonds. The molecule has 0 bridgehead atoms. The van der Waals surface area contributed by atoms with Crippen molar-refractivity contribution in [2.75, 3.05) is 19.8 Å². The zero-order chi connectivity index (χ0) is 52.7. The Morgan fingerprint density at radius 2 is 0.787 bits per heavy atom. The van der Waals surface area contributed by atoms with Crippen molar-refractivity contribution in [3.8, 4) is 36.2 Å². The molecule has 0 radical (unpaired) electrons. The Bertz CT molecular complexity index is 3100. The van der Waals surface area contributed by atoms with Crippen molar-refractivity contribution in [2.24, 2.45) is 0 Å². The van der Waals surface area contributed by atoms with Gasteiger partial charge in [-0.25, -0.2) is 0 Å². The third kappa shape index (κ3) is 19.8. The molecular formula is C70H64Br2O3. The maximum Gasteiger partial charge on any atom is 0.115 e. The Kier molecular flexibility index (Phi) is 24.8. The van der Waals surface area contributed by atoms with Gasteiger partial charge in [0.1, 0.15) is 12.7 Å². The molecule has 0 saturated heterocycles. The van der Waals surface area contributed by atoms with Crippen molar-refractivity contribution in [3.63, 3.8) is 0 Å². The molecule has 0 unspecified atom stereocenters. The van der Waals surface area contributed by atoms with E-state index in [9.17, 15) is 0 Å². The Labute approximate surface area is 462 Å². The monoisotopic (exact) mass is 1110 g/mol. The van der Waals surface area contributed by atoms with Gasteiger partial charge in [-0.3, -0.25) is 0 Å². The summed E-state index contributed by atoms with van der Waals surface area (Å²) in [6, 6.07) is 59.1. The number of benzene rings is 8. The number of aliphatic hydroxyl groups is 2. The summed E-state index contributed by atoms with van der Waals surface area (Å²) < 4.78 is 7.53. The van der Waals surface area contributed by atoms with E-state index in [4.69, 9.17) is 21.4 Å². The fraction of sp³-hybridized carbons (Fsp3) is 0.171. The van der Waals surface area contributed by atoms with Crippen LogP contribution in [0, 0.1) is 36.2 Å². The van der Waals surface area contributed by atoms with Gasteiger partial charge < -0.3 is 14.9 Å². The SMILES string of the molecule is Brc1ccc(/C=C/c2ccc(/C=C/c3ccc(Br)cc3)c3ccccc23)cc1.C#CCCCCO.CCCCOC#Cc1ccc(/C=C/c2ccc(/C=C/c3ccc(C#CCCCCO)cc3)c3ccccc23)cc1. The highest BCUT2D eigenvalue weighted by Crippen LogP contribution is 2.28. The number of terminal acetylenes is 1. The molecule has 0 aliphatic carbocycles. The van der Waals surface area contributed by atoms with Gasteiger partial charge in [-0.1, -0.05) is 227 Å². The Hall–Kier alpha value is -7.40. The zero-order valence-corrected chi connectivity index (χ0v) is 45.9. The molecule has 0 fully saturated rings. The van der Waals surface area contributed by atoms with Crippen molar-refractivity contribution in [1.82, 2.24) is 0 Å². The van der Waals surface area contributed by atoms with Gasteiger partial charge in [-0.05, 0) is 153 Å². The molecule has 2 N–H and O–H groups in total. The number of hydrogen-bond acceptors (Lipinski definition) is 3. The average molecular weight is 1110 g/mol. The van der Waals surface area contributed by atoms with Crippen LogP contribution in [-0.4, -0.2) is 30.0 Å². The summed E-state index contributed by atoms with van der Waals surface area (Å²) in [5.74, 6) is 11.9. The van der Waals surface area contributed by atoms with Crippen LogP contribution in [0.4, 0.5) is 0 Å². The summed E-state index contributed by atoms with van der Waals surface area (Å²) in [7, 11) is 0. The molecule has 0 aliphatic heterocycles. The lowest BCUT2D eigenvalue weighted by Crippen LogP contribution is -1.86. The minimum atomic E-state index is 0.234. The van der Waals surface area contributed by atoms with Gasteiger partial charge in [-0.2, -0.15) is 0 Å². The van der Waals surface area contributed by atoms with E-state index in [0.29, 0.717) is 6.61 Å². The molecule has 8 rings (SSSR count). The molecular weight excluding hydrogens is 1050 g/mol. The minimum Gasteiger partial charge on any atom is -0.446 e. The summed E-state index contributed by atoms with van der Waals surface area (Å²) in [4.78, 5) is 0. The number of fused-ring (bicyclic) bond motifs is 2. The molecule has 8 aromatic carbocycles. The van der Waals surface area contributed by atoms with Crippen molar-refractivity contribution in [3.05, 3.63) is 234 Å².